The molecule has 0 radical (unpaired) electrons. The summed E-state index contributed by atoms with van der Waals surface area (Å²) < 4.78 is 5.49. The van der Waals surface area contributed by atoms with Crippen LogP contribution in [0.1, 0.15) is 6.92 Å². The number of carbonyl (C=O) groups is 1. The average molecular weight is 322 g/mol. The standard InChI is InChI=1S/C13H12BrN3O2/c1-9(14)13(18)17-11-6-5-10(8-16-11)19-12-4-2-3-7-15-12/h2-9H,1H3,(H,16,17,18). The van der Waals surface area contributed by atoms with Crippen LogP contribution in [0.15, 0.2) is 42.7 Å². The number of hydrogen-bond acceptors (Lipinski definition) is 4. The first-order valence-corrected chi connectivity index (χ1v) is 6.56. The number of ether oxygens (including phenoxy) is 1. The van der Waals surface area contributed by atoms with Crippen LogP contribution in [0.3, 0.4) is 0 Å². The second-order valence-corrected chi connectivity index (χ2v) is 5.13. The number of amides is 1. The molecule has 0 aliphatic carbocycles. The highest BCUT2D eigenvalue weighted by Crippen LogP contribution is 2.19. The van der Waals surface area contributed by atoms with Gasteiger partial charge in [0.1, 0.15) is 11.6 Å². The van der Waals surface area contributed by atoms with Crippen molar-refractivity contribution in [3.63, 3.8) is 0 Å². The Balaban J connectivity index is 2.01. The van der Waals surface area contributed by atoms with Gasteiger partial charge >= 0.3 is 0 Å². The lowest BCUT2D eigenvalue weighted by molar-refractivity contribution is -0.115. The number of aromatic nitrogens is 2. The van der Waals surface area contributed by atoms with Gasteiger partial charge in [0.15, 0.2) is 0 Å². The first-order valence-electron chi connectivity index (χ1n) is 5.65. The summed E-state index contributed by atoms with van der Waals surface area (Å²) in [5.74, 6) is 1.38. The highest BCUT2D eigenvalue weighted by Gasteiger charge is 2.09. The van der Waals surface area contributed by atoms with Crippen LogP contribution in [0, 0.1) is 0 Å². The fourth-order valence-corrected chi connectivity index (χ4v) is 1.38. The van der Waals surface area contributed by atoms with Crippen molar-refractivity contribution in [2.45, 2.75) is 11.8 Å². The van der Waals surface area contributed by atoms with Gasteiger partial charge in [-0.05, 0) is 25.1 Å². The second-order valence-electron chi connectivity index (χ2n) is 3.75. The topological polar surface area (TPSA) is 64.1 Å². The smallest absolute Gasteiger partial charge is 0.239 e. The Bertz CT molecular complexity index is 544. The van der Waals surface area contributed by atoms with E-state index in [1.54, 1.807) is 31.3 Å². The van der Waals surface area contributed by atoms with Gasteiger partial charge in [-0.25, -0.2) is 9.97 Å². The minimum atomic E-state index is -0.265. The van der Waals surface area contributed by atoms with E-state index >= 15 is 0 Å². The van der Waals surface area contributed by atoms with Gasteiger partial charge in [-0.1, -0.05) is 22.0 Å². The SMILES string of the molecule is CC(Br)C(=O)Nc1ccc(Oc2ccccn2)cn1. The van der Waals surface area contributed by atoms with Gasteiger partial charge < -0.3 is 10.1 Å². The molecule has 1 N–H and O–H groups in total. The number of pyridine rings is 2. The van der Waals surface area contributed by atoms with Crippen LogP contribution >= 0.6 is 15.9 Å². The summed E-state index contributed by atoms with van der Waals surface area (Å²) in [5, 5.41) is 2.66. The number of anilines is 1. The number of rotatable bonds is 4. The van der Waals surface area contributed by atoms with E-state index in [-0.39, 0.29) is 10.7 Å². The molecule has 2 aromatic heterocycles. The molecule has 1 amide bonds. The zero-order valence-corrected chi connectivity index (χ0v) is 11.8. The quantitative estimate of drug-likeness (QED) is 0.879. The summed E-state index contributed by atoms with van der Waals surface area (Å²) in [7, 11) is 0. The molecular formula is C13H12BrN3O2. The third kappa shape index (κ3) is 4.03. The summed E-state index contributed by atoms with van der Waals surface area (Å²) in [6, 6.07) is 8.79. The number of hydrogen-bond donors (Lipinski definition) is 1. The Morgan fingerprint density at radius 1 is 1.32 bits per heavy atom. The van der Waals surface area contributed by atoms with Gasteiger partial charge in [0.2, 0.25) is 11.8 Å². The summed E-state index contributed by atoms with van der Waals surface area (Å²) in [6.07, 6.45) is 3.18. The monoisotopic (exact) mass is 321 g/mol. The zero-order valence-electron chi connectivity index (χ0n) is 10.2. The van der Waals surface area contributed by atoms with Gasteiger partial charge in [-0.15, -0.1) is 0 Å². The van der Waals surface area contributed by atoms with Gasteiger partial charge in [0.25, 0.3) is 0 Å². The van der Waals surface area contributed by atoms with Crippen molar-refractivity contribution in [1.82, 2.24) is 9.97 Å². The van der Waals surface area contributed by atoms with Crippen molar-refractivity contribution in [3.8, 4) is 11.6 Å². The Kier molecular flexibility index (Phi) is 4.46. The van der Waals surface area contributed by atoms with Gasteiger partial charge in [0.05, 0.1) is 11.0 Å². The molecule has 5 nitrogen and oxygen atoms in total. The van der Waals surface area contributed by atoms with Crippen molar-refractivity contribution >= 4 is 27.7 Å². The maximum Gasteiger partial charge on any atom is 0.239 e. The molecule has 0 bridgehead atoms. The predicted octanol–water partition coefficient (Wildman–Crippen LogP) is 2.99. The number of alkyl halides is 1. The number of nitrogens with one attached hydrogen (secondary N) is 1. The number of nitrogens with zero attached hydrogens (tertiary/aromatic N) is 2. The van der Waals surface area contributed by atoms with Crippen molar-refractivity contribution < 1.29 is 9.53 Å². The molecule has 0 spiro atoms. The van der Waals surface area contributed by atoms with Crippen LogP contribution in [-0.4, -0.2) is 20.7 Å². The number of carbonyl (C=O) groups excluding carboxylic acids is 1. The molecule has 1 unspecified atom stereocenters. The first-order chi connectivity index (χ1) is 9.15. The fourth-order valence-electron chi connectivity index (χ4n) is 1.27. The molecule has 0 aromatic carbocycles. The molecule has 6 heteroatoms. The molecule has 0 aliphatic rings. The maximum atomic E-state index is 11.4. The second kappa shape index (κ2) is 6.29. The Hall–Kier alpha value is -1.95. The van der Waals surface area contributed by atoms with E-state index in [2.05, 4.69) is 31.2 Å². The van der Waals surface area contributed by atoms with E-state index in [0.717, 1.165) is 0 Å². The van der Waals surface area contributed by atoms with Gasteiger partial charge in [-0.2, -0.15) is 0 Å². The average Bonchev–Trinajstić information content (AvgIpc) is 2.42. The summed E-state index contributed by atoms with van der Waals surface area (Å²) in [5.41, 5.74) is 0. The van der Waals surface area contributed by atoms with E-state index in [9.17, 15) is 4.79 Å². The molecule has 19 heavy (non-hydrogen) atoms. The Labute approximate surface area is 119 Å². The van der Waals surface area contributed by atoms with E-state index in [1.807, 2.05) is 12.1 Å². The molecule has 1 atom stereocenters. The summed E-state index contributed by atoms with van der Waals surface area (Å²) in [4.78, 5) is 19.3. The first kappa shape index (κ1) is 13.5. The lowest BCUT2D eigenvalue weighted by Gasteiger charge is -2.07. The van der Waals surface area contributed by atoms with Gasteiger partial charge in [-0.3, -0.25) is 4.79 Å². The van der Waals surface area contributed by atoms with Crippen LogP contribution < -0.4 is 10.1 Å². The molecule has 2 aromatic rings. The fraction of sp³-hybridized carbons (Fsp3) is 0.154. The minimum Gasteiger partial charge on any atom is -0.437 e. The summed E-state index contributed by atoms with van der Waals surface area (Å²) in [6.45, 7) is 1.74. The molecule has 0 fully saturated rings. The molecule has 0 saturated carbocycles. The lowest BCUT2D eigenvalue weighted by atomic mass is 10.4. The Morgan fingerprint density at radius 2 is 2.16 bits per heavy atom. The van der Waals surface area contributed by atoms with Crippen LogP contribution in [0.25, 0.3) is 0 Å². The molecule has 2 rings (SSSR count). The van der Waals surface area contributed by atoms with Crippen molar-refractivity contribution in [1.29, 1.82) is 0 Å². The van der Waals surface area contributed by atoms with Gasteiger partial charge in [0, 0.05) is 12.3 Å². The third-order valence-electron chi connectivity index (χ3n) is 2.21. The van der Waals surface area contributed by atoms with Crippen LogP contribution in [0.4, 0.5) is 5.82 Å². The van der Waals surface area contributed by atoms with E-state index < -0.39 is 0 Å². The highest BCUT2D eigenvalue weighted by atomic mass is 79.9. The predicted molar refractivity (Wildman–Crippen MR) is 75.6 cm³/mol. The van der Waals surface area contributed by atoms with E-state index in [0.29, 0.717) is 17.4 Å². The molecule has 0 aliphatic heterocycles. The van der Waals surface area contributed by atoms with E-state index in [4.69, 9.17) is 4.74 Å². The van der Waals surface area contributed by atoms with Crippen molar-refractivity contribution in [2.75, 3.05) is 5.32 Å². The van der Waals surface area contributed by atoms with Crippen molar-refractivity contribution in [2.24, 2.45) is 0 Å². The molecule has 98 valence electrons. The Morgan fingerprint density at radius 3 is 2.74 bits per heavy atom. The van der Waals surface area contributed by atoms with Crippen LogP contribution in [0.2, 0.25) is 0 Å². The van der Waals surface area contributed by atoms with E-state index in [1.165, 1.54) is 6.20 Å². The van der Waals surface area contributed by atoms with Crippen LogP contribution in [-0.2, 0) is 4.79 Å². The molecule has 0 saturated heterocycles. The molecular weight excluding hydrogens is 310 g/mol. The lowest BCUT2D eigenvalue weighted by Crippen LogP contribution is -2.20. The van der Waals surface area contributed by atoms with Crippen molar-refractivity contribution in [3.05, 3.63) is 42.7 Å². The molecule has 2 heterocycles. The minimum absolute atomic E-state index is 0.147. The largest absolute Gasteiger partial charge is 0.437 e. The maximum absolute atomic E-state index is 11.4. The zero-order chi connectivity index (χ0) is 13.7. The highest BCUT2D eigenvalue weighted by molar-refractivity contribution is 9.10. The van der Waals surface area contributed by atoms with Crippen LogP contribution in [0.5, 0.6) is 11.6 Å². The summed E-state index contributed by atoms with van der Waals surface area (Å²) >= 11 is 3.18. The normalized spacial score (nSPS) is 11.7. The number of halogens is 1. The third-order valence-corrected chi connectivity index (χ3v) is 2.62.